The number of Topliss-reactive ketones (excluding diaryl/α,β-unsaturated/α-hetero) is 1. The van der Waals surface area contributed by atoms with Crippen molar-refractivity contribution in [3.8, 4) is 0 Å². The average molecular weight is 601 g/mol. The van der Waals surface area contributed by atoms with Crippen molar-refractivity contribution < 1.29 is 28.7 Å². The smallest absolute Gasteiger partial charge is 0.338 e. The number of anilines is 2. The molecule has 3 aromatic rings. The zero-order valence-electron chi connectivity index (χ0n) is 21.6. The molecule has 1 saturated heterocycles. The summed E-state index contributed by atoms with van der Waals surface area (Å²) < 4.78 is 6.01. The molecule has 1 N–H and O–H groups in total. The molecule has 2 atom stereocenters. The molecule has 0 radical (unpaired) electrons. The third kappa shape index (κ3) is 5.51. The van der Waals surface area contributed by atoms with Crippen LogP contribution < -0.4 is 10.2 Å². The number of nitrogens with one attached hydrogen (secondary N) is 1. The number of imide groups is 1. The van der Waals surface area contributed by atoms with Crippen LogP contribution in [0.3, 0.4) is 0 Å². The van der Waals surface area contributed by atoms with Gasteiger partial charge in [-0.25, -0.2) is 9.69 Å². The Morgan fingerprint density at radius 2 is 1.65 bits per heavy atom. The highest BCUT2D eigenvalue weighted by molar-refractivity contribution is 9.10. The monoisotopic (exact) mass is 600 g/mol. The number of fused-ring (bicyclic) bond motifs is 1. The molecule has 0 aromatic heterocycles. The van der Waals surface area contributed by atoms with Crippen molar-refractivity contribution in [3.63, 3.8) is 0 Å². The van der Waals surface area contributed by atoms with Crippen LogP contribution in [-0.4, -0.2) is 36.1 Å². The third-order valence-electron chi connectivity index (χ3n) is 7.07. The van der Waals surface area contributed by atoms with Crippen LogP contribution in [0.15, 0.2) is 88.9 Å². The van der Waals surface area contributed by atoms with E-state index in [1.165, 1.54) is 12.1 Å². The van der Waals surface area contributed by atoms with Crippen molar-refractivity contribution in [2.45, 2.75) is 19.8 Å². The van der Waals surface area contributed by atoms with Gasteiger partial charge in [-0.05, 0) is 62.2 Å². The maximum atomic E-state index is 13.3. The highest BCUT2D eigenvalue weighted by Crippen LogP contribution is 2.40. The molecular weight excluding hydrogens is 576 g/mol. The number of hydrogen-bond acceptors (Lipinski definition) is 6. The number of rotatable bonds is 7. The highest BCUT2D eigenvalue weighted by Gasteiger charge is 2.49. The summed E-state index contributed by atoms with van der Waals surface area (Å²) in [6.45, 7) is 1.52. The van der Waals surface area contributed by atoms with Crippen LogP contribution in [0, 0.1) is 11.8 Å². The Labute approximate surface area is 239 Å². The second kappa shape index (κ2) is 11.4. The van der Waals surface area contributed by atoms with E-state index in [1.54, 1.807) is 60.7 Å². The van der Waals surface area contributed by atoms with E-state index in [0.29, 0.717) is 24.1 Å². The number of ether oxygens (including phenoxy) is 1. The van der Waals surface area contributed by atoms with Gasteiger partial charge >= 0.3 is 5.97 Å². The van der Waals surface area contributed by atoms with Gasteiger partial charge in [0.1, 0.15) is 0 Å². The van der Waals surface area contributed by atoms with Crippen LogP contribution in [0.25, 0.3) is 0 Å². The SMILES string of the molecule is CC1=CC[C@H]2C(=O)N(c3ccccc3C(=O)Nc3cccc(C(=O)OCC(=O)c4ccc(Br)cc4)c3)C(=O)[C@@H]2C1. The van der Waals surface area contributed by atoms with E-state index in [-0.39, 0.29) is 34.4 Å². The summed E-state index contributed by atoms with van der Waals surface area (Å²) in [5.74, 6) is -3.07. The summed E-state index contributed by atoms with van der Waals surface area (Å²) in [7, 11) is 0. The molecule has 202 valence electrons. The van der Waals surface area contributed by atoms with Crippen molar-refractivity contribution >= 4 is 56.8 Å². The Kier molecular flexibility index (Phi) is 7.75. The molecule has 1 aliphatic carbocycles. The van der Waals surface area contributed by atoms with Gasteiger partial charge in [-0.15, -0.1) is 0 Å². The van der Waals surface area contributed by atoms with Gasteiger partial charge in [0.05, 0.1) is 28.7 Å². The number of benzene rings is 3. The summed E-state index contributed by atoms with van der Waals surface area (Å²) in [5.41, 5.74) is 2.32. The first kappa shape index (κ1) is 27.2. The van der Waals surface area contributed by atoms with E-state index in [2.05, 4.69) is 21.2 Å². The van der Waals surface area contributed by atoms with Crippen molar-refractivity contribution in [2.75, 3.05) is 16.8 Å². The highest BCUT2D eigenvalue weighted by atomic mass is 79.9. The summed E-state index contributed by atoms with van der Waals surface area (Å²) >= 11 is 3.31. The molecule has 40 heavy (non-hydrogen) atoms. The topological polar surface area (TPSA) is 110 Å². The van der Waals surface area contributed by atoms with Gasteiger partial charge in [0, 0.05) is 15.7 Å². The molecule has 1 fully saturated rings. The molecule has 0 bridgehead atoms. The van der Waals surface area contributed by atoms with Gasteiger partial charge in [-0.1, -0.05) is 57.9 Å². The number of para-hydroxylation sites is 1. The number of allylic oxidation sites excluding steroid dienone is 2. The predicted molar refractivity (Wildman–Crippen MR) is 152 cm³/mol. The largest absolute Gasteiger partial charge is 0.454 e. The number of nitrogens with zero attached hydrogens (tertiary/aromatic N) is 1. The molecule has 3 aromatic carbocycles. The Hall–Kier alpha value is -4.37. The number of carbonyl (C=O) groups is 5. The van der Waals surface area contributed by atoms with E-state index in [9.17, 15) is 24.0 Å². The van der Waals surface area contributed by atoms with Crippen molar-refractivity contribution in [1.29, 1.82) is 0 Å². The molecular formula is C31H25BrN2O6. The Morgan fingerprint density at radius 1 is 0.925 bits per heavy atom. The zero-order valence-corrected chi connectivity index (χ0v) is 23.1. The molecule has 8 nitrogen and oxygen atoms in total. The van der Waals surface area contributed by atoms with Crippen LogP contribution in [0.5, 0.6) is 0 Å². The van der Waals surface area contributed by atoms with E-state index in [4.69, 9.17) is 4.74 Å². The van der Waals surface area contributed by atoms with Crippen molar-refractivity contribution in [3.05, 3.63) is 106 Å². The fraction of sp³-hybridized carbons (Fsp3) is 0.194. The van der Waals surface area contributed by atoms with Crippen LogP contribution >= 0.6 is 15.9 Å². The Morgan fingerprint density at radius 3 is 2.42 bits per heavy atom. The fourth-order valence-corrected chi connectivity index (χ4v) is 5.26. The first-order chi connectivity index (χ1) is 19.2. The van der Waals surface area contributed by atoms with Gasteiger partial charge in [-0.2, -0.15) is 0 Å². The lowest BCUT2D eigenvalue weighted by Gasteiger charge is -2.19. The summed E-state index contributed by atoms with van der Waals surface area (Å²) in [4.78, 5) is 65.8. The third-order valence-corrected chi connectivity index (χ3v) is 7.60. The number of halogens is 1. The van der Waals surface area contributed by atoms with E-state index in [0.717, 1.165) is 14.9 Å². The lowest BCUT2D eigenvalue weighted by atomic mass is 9.82. The fourth-order valence-electron chi connectivity index (χ4n) is 4.99. The van der Waals surface area contributed by atoms with Crippen LogP contribution in [-0.2, 0) is 14.3 Å². The molecule has 5 rings (SSSR count). The van der Waals surface area contributed by atoms with Crippen LogP contribution in [0.2, 0.25) is 0 Å². The Bertz CT molecular complexity index is 1560. The number of amides is 3. The minimum Gasteiger partial charge on any atom is -0.454 e. The molecule has 1 aliphatic heterocycles. The normalized spacial score (nSPS) is 18.1. The molecule has 1 heterocycles. The molecule has 3 amide bonds. The van der Waals surface area contributed by atoms with Gasteiger partial charge < -0.3 is 10.1 Å². The van der Waals surface area contributed by atoms with Gasteiger partial charge in [-0.3, -0.25) is 19.2 Å². The molecule has 0 saturated carbocycles. The maximum absolute atomic E-state index is 13.3. The lowest BCUT2D eigenvalue weighted by molar-refractivity contribution is -0.122. The second-order valence-corrected chi connectivity index (χ2v) is 10.7. The Balaban J connectivity index is 1.28. The van der Waals surface area contributed by atoms with Crippen molar-refractivity contribution in [1.82, 2.24) is 0 Å². The first-order valence-electron chi connectivity index (χ1n) is 12.7. The quantitative estimate of drug-likeness (QED) is 0.164. The maximum Gasteiger partial charge on any atom is 0.338 e. The van der Waals surface area contributed by atoms with E-state index in [1.807, 2.05) is 13.0 Å². The molecule has 9 heteroatoms. The zero-order chi connectivity index (χ0) is 28.4. The lowest BCUT2D eigenvalue weighted by Crippen LogP contribution is -2.33. The van der Waals surface area contributed by atoms with Crippen LogP contribution in [0.1, 0.15) is 50.8 Å². The van der Waals surface area contributed by atoms with E-state index >= 15 is 0 Å². The average Bonchev–Trinajstić information content (AvgIpc) is 3.20. The van der Waals surface area contributed by atoms with Crippen LogP contribution in [0.4, 0.5) is 11.4 Å². The van der Waals surface area contributed by atoms with E-state index < -0.39 is 30.3 Å². The van der Waals surface area contributed by atoms with Gasteiger partial charge in [0.15, 0.2) is 12.4 Å². The predicted octanol–water partition coefficient (Wildman–Crippen LogP) is 5.59. The minimum absolute atomic E-state index is 0.145. The van der Waals surface area contributed by atoms with Gasteiger partial charge in [0.25, 0.3) is 5.91 Å². The standard InChI is InChI=1S/C31H25BrN2O6/c1-18-9-14-23-25(15-18)30(38)34(29(23)37)26-8-3-2-7-24(26)28(36)33-22-6-4-5-20(16-22)31(39)40-17-27(35)19-10-12-21(32)13-11-19/h2-13,16,23,25H,14-15,17H2,1H3,(H,33,36)/t23-,25-/m1/s1. The first-order valence-corrected chi connectivity index (χ1v) is 13.5. The number of ketones is 1. The summed E-state index contributed by atoms with van der Waals surface area (Å²) in [5, 5.41) is 2.74. The number of hydrogen-bond donors (Lipinski definition) is 1. The number of carbonyl (C=O) groups excluding carboxylic acids is 5. The molecule has 2 aliphatic rings. The number of esters is 1. The second-order valence-electron chi connectivity index (χ2n) is 9.77. The molecule has 0 spiro atoms. The summed E-state index contributed by atoms with van der Waals surface area (Å²) in [6, 6.07) is 19.3. The van der Waals surface area contributed by atoms with Crippen molar-refractivity contribution in [2.24, 2.45) is 11.8 Å². The molecule has 0 unspecified atom stereocenters. The van der Waals surface area contributed by atoms with Gasteiger partial charge in [0.2, 0.25) is 11.8 Å². The summed E-state index contributed by atoms with van der Waals surface area (Å²) in [6.07, 6.45) is 3.02. The minimum atomic E-state index is -0.721.